The second kappa shape index (κ2) is 8.78. The Kier molecular flexibility index (Phi) is 5.87. The number of amides is 1. The van der Waals surface area contributed by atoms with Crippen molar-refractivity contribution in [2.75, 3.05) is 12.4 Å². The SMILES string of the molecule is COc1ccc(C(F)(F)F)cc1NC(=O)Cn1nc(-c2cccc3ccccc23)ccc1=O. The predicted molar refractivity (Wildman–Crippen MR) is 118 cm³/mol. The molecule has 0 saturated heterocycles. The molecule has 0 aliphatic rings. The van der Waals surface area contributed by atoms with E-state index in [-0.39, 0.29) is 11.4 Å². The number of rotatable bonds is 5. The highest BCUT2D eigenvalue weighted by molar-refractivity contribution is 5.95. The molecule has 0 aliphatic carbocycles. The summed E-state index contributed by atoms with van der Waals surface area (Å²) in [6, 6.07) is 18.9. The zero-order valence-electron chi connectivity index (χ0n) is 17.4. The van der Waals surface area contributed by atoms with E-state index in [2.05, 4.69) is 10.4 Å². The van der Waals surface area contributed by atoms with Gasteiger partial charge in [-0.15, -0.1) is 0 Å². The maximum absolute atomic E-state index is 13.0. The highest BCUT2D eigenvalue weighted by atomic mass is 19.4. The number of alkyl halides is 3. The molecular weight excluding hydrogens is 435 g/mol. The van der Waals surface area contributed by atoms with Crippen LogP contribution in [-0.2, 0) is 17.5 Å². The van der Waals surface area contributed by atoms with E-state index in [0.717, 1.165) is 39.2 Å². The Bertz CT molecular complexity index is 1390. The lowest BCUT2D eigenvalue weighted by Crippen LogP contribution is -2.29. The van der Waals surface area contributed by atoms with Gasteiger partial charge in [-0.1, -0.05) is 42.5 Å². The Morgan fingerprint density at radius 3 is 2.55 bits per heavy atom. The average molecular weight is 453 g/mol. The third kappa shape index (κ3) is 4.72. The third-order valence-electron chi connectivity index (χ3n) is 5.03. The number of carbonyl (C=O) groups is 1. The number of anilines is 1. The van der Waals surface area contributed by atoms with Gasteiger partial charge in [-0.25, -0.2) is 4.68 Å². The number of fused-ring (bicyclic) bond motifs is 1. The van der Waals surface area contributed by atoms with E-state index in [1.165, 1.54) is 13.2 Å². The Labute approximate surface area is 186 Å². The number of ether oxygens (including phenoxy) is 1. The predicted octanol–water partition coefficient (Wildman–Crippen LogP) is 4.73. The molecule has 33 heavy (non-hydrogen) atoms. The Balaban J connectivity index is 1.63. The molecule has 0 aliphatic heterocycles. The van der Waals surface area contributed by atoms with Gasteiger partial charge < -0.3 is 10.1 Å². The lowest BCUT2D eigenvalue weighted by molar-refractivity contribution is -0.137. The summed E-state index contributed by atoms with van der Waals surface area (Å²) < 4.78 is 45.1. The number of benzene rings is 3. The van der Waals surface area contributed by atoms with E-state index in [0.29, 0.717) is 5.69 Å². The zero-order valence-corrected chi connectivity index (χ0v) is 17.4. The van der Waals surface area contributed by atoms with Crippen LogP contribution in [0.25, 0.3) is 22.0 Å². The molecule has 1 heterocycles. The van der Waals surface area contributed by atoms with E-state index in [1.54, 1.807) is 6.07 Å². The van der Waals surface area contributed by atoms with Crippen LogP contribution in [0.5, 0.6) is 5.75 Å². The summed E-state index contributed by atoms with van der Waals surface area (Å²) >= 11 is 0. The first-order valence-electron chi connectivity index (χ1n) is 9.87. The number of hydrogen-bond donors (Lipinski definition) is 1. The average Bonchev–Trinajstić information content (AvgIpc) is 2.79. The first-order valence-corrected chi connectivity index (χ1v) is 9.87. The van der Waals surface area contributed by atoms with Crippen LogP contribution in [0.4, 0.5) is 18.9 Å². The summed E-state index contributed by atoms with van der Waals surface area (Å²) in [6.07, 6.45) is -4.59. The van der Waals surface area contributed by atoms with Crippen molar-refractivity contribution in [2.24, 2.45) is 0 Å². The minimum Gasteiger partial charge on any atom is -0.495 e. The molecule has 4 aromatic rings. The van der Waals surface area contributed by atoms with Gasteiger partial charge in [0.25, 0.3) is 5.56 Å². The molecule has 1 amide bonds. The first kappa shape index (κ1) is 22.1. The van der Waals surface area contributed by atoms with E-state index in [9.17, 15) is 22.8 Å². The largest absolute Gasteiger partial charge is 0.495 e. The fourth-order valence-electron chi connectivity index (χ4n) is 3.46. The van der Waals surface area contributed by atoms with Gasteiger partial charge in [0.15, 0.2) is 0 Å². The summed E-state index contributed by atoms with van der Waals surface area (Å²) in [6.45, 7) is -0.489. The molecule has 0 fully saturated rings. The van der Waals surface area contributed by atoms with Gasteiger partial charge in [0.2, 0.25) is 5.91 Å². The molecule has 6 nitrogen and oxygen atoms in total. The molecule has 0 radical (unpaired) electrons. The number of aromatic nitrogens is 2. The molecule has 0 unspecified atom stereocenters. The summed E-state index contributed by atoms with van der Waals surface area (Å²) in [7, 11) is 1.28. The second-order valence-corrected chi connectivity index (χ2v) is 7.20. The standard InChI is InChI=1S/C24H18F3N3O3/c1-33-21-11-9-16(24(25,26)27)13-20(21)28-22(31)14-30-23(32)12-10-19(29-30)18-8-4-6-15-5-2-3-7-17(15)18/h2-13H,14H2,1H3,(H,28,31). The molecule has 168 valence electrons. The maximum Gasteiger partial charge on any atom is 0.416 e. The smallest absolute Gasteiger partial charge is 0.416 e. The Morgan fingerprint density at radius 1 is 1.03 bits per heavy atom. The minimum absolute atomic E-state index is 0.0566. The first-order chi connectivity index (χ1) is 15.8. The maximum atomic E-state index is 13.0. The molecule has 4 rings (SSSR count). The number of carbonyl (C=O) groups excluding carboxylic acids is 1. The van der Waals surface area contributed by atoms with Crippen molar-refractivity contribution in [3.63, 3.8) is 0 Å². The van der Waals surface area contributed by atoms with Crippen molar-refractivity contribution >= 4 is 22.4 Å². The van der Waals surface area contributed by atoms with Crippen molar-refractivity contribution in [1.29, 1.82) is 0 Å². The van der Waals surface area contributed by atoms with Crippen molar-refractivity contribution in [2.45, 2.75) is 12.7 Å². The molecule has 0 bridgehead atoms. The normalized spacial score (nSPS) is 11.4. The molecule has 1 N–H and O–H groups in total. The van der Waals surface area contributed by atoms with Crippen LogP contribution in [0.2, 0.25) is 0 Å². The van der Waals surface area contributed by atoms with Gasteiger partial charge in [0.1, 0.15) is 12.3 Å². The quantitative estimate of drug-likeness (QED) is 0.474. The van der Waals surface area contributed by atoms with Crippen LogP contribution in [0.15, 0.2) is 77.6 Å². The number of nitrogens with zero attached hydrogens (tertiary/aromatic N) is 2. The van der Waals surface area contributed by atoms with Crippen LogP contribution in [0, 0.1) is 0 Å². The van der Waals surface area contributed by atoms with Crippen molar-refractivity contribution in [3.05, 3.63) is 88.7 Å². The molecule has 0 saturated carbocycles. The third-order valence-corrected chi connectivity index (χ3v) is 5.03. The summed E-state index contributed by atoms with van der Waals surface area (Å²) in [5.41, 5.74) is -0.356. The highest BCUT2D eigenvalue weighted by Gasteiger charge is 2.31. The Hall–Kier alpha value is -4.14. The molecular formula is C24H18F3N3O3. The fraction of sp³-hybridized carbons (Fsp3) is 0.125. The molecule has 9 heteroatoms. The molecule has 1 aromatic heterocycles. The van der Waals surface area contributed by atoms with Gasteiger partial charge in [-0.05, 0) is 35.0 Å². The zero-order chi connectivity index (χ0) is 23.6. The van der Waals surface area contributed by atoms with Crippen molar-refractivity contribution in [1.82, 2.24) is 9.78 Å². The van der Waals surface area contributed by atoms with E-state index in [4.69, 9.17) is 4.74 Å². The van der Waals surface area contributed by atoms with E-state index >= 15 is 0 Å². The van der Waals surface area contributed by atoms with Crippen LogP contribution in [-0.4, -0.2) is 22.8 Å². The summed E-state index contributed by atoms with van der Waals surface area (Å²) in [5.74, 6) is -0.668. The van der Waals surface area contributed by atoms with Crippen molar-refractivity contribution < 1.29 is 22.7 Å². The minimum atomic E-state index is -4.59. The van der Waals surface area contributed by atoms with E-state index < -0.39 is 29.8 Å². The number of halogens is 3. The van der Waals surface area contributed by atoms with Gasteiger partial charge in [0, 0.05) is 11.6 Å². The second-order valence-electron chi connectivity index (χ2n) is 7.20. The lowest BCUT2D eigenvalue weighted by atomic mass is 10.0. The van der Waals surface area contributed by atoms with Crippen molar-refractivity contribution in [3.8, 4) is 17.0 Å². The van der Waals surface area contributed by atoms with Gasteiger partial charge >= 0.3 is 6.18 Å². The summed E-state index contributed by atoms with van der Waals surface area (Å²) in [4.78, 5) is 24.9. The van der Waals surface area contributed by atoms with Gasteiger partial charge in [-0.3, -0.25) is 9.59 Å². The molecule has 0 atom stereocenters. The summed E-state index contributed by atoms with van der Waals surface area (Å²) in [5, 5.41) is 8.60. The van der Waals surface area contributed by atoms with Crippen LogP contribution >= 0.6 is 0 Å². The van der Waals surface area contributed by atoms with Crippen LogP contribution in [0.1, 0.15) is 5.56 Å². The monoisotopic (exact) mass is 453 g/mol. The van der Waals surface area contributed by atoms with Gasteiger partial charge in [-0.2, -0.15) is 18.3 Å². The van der Waals surface area contributed by atoms with Crippen LogP contribution in [0.3, 0.4) is 0 Å². The fourth-order valence-corrected chi connectivity index (χ4v) is 3.46. The highest BCUT2D eigenvalue weighted by Crippen LogP contribution is 2.35. The molecule has 0 spiro atoms. The molecule has 3 aromatic carbocycles. The van der Waals surface area contributed by atoms with Gasteiger partial charge in [0.05, 0.1) is 24.1 Å². The topological polar surface area (TPSA) is 73.2 Å². The van der Waals surface area contributed by atoms with Crippen LogP contribution < -0.4 is 15.6 Å². The number of nitrogens with one attached hydrogen (secondary N) is 1. The van der Waals surface area contributed by atoms with E-state index in [1.807, 2.05) is 42.5 Å². The Morgan fingerprint density at radius 2 is 1.79 bits per heavy atom. The lowest BCUT2D eigenvalue weighted by Gasteiger charge is -2.14. The number of hydrogen-bond acceptors (Lipinski definition) is 4. The number of methoxy groups -OCH3 is 1.